The van der Waals surface area contributed by atoms with Gasteiger partial charge in [-0.15, -0.1) is 11.3 Å². The van der Waals surface area contributed by atoms with Gasteiger partial charge in [-0.3, -0.25) is 9.69 Å². The van der Waals surface area contributed by atoms with Crippen molar-refractivity contribution in [3.63, 3.8) is 0 Å². The lowest BCUT2D eigenvalue weighted by Gasteiger charge is -2.19. The first-order valence-electron chi connectivity index (χ1n) is 5.61. The summed E-state index contributed by atoms with van der Waals surface area (Å²) in [5.74, 6) is -0.677. The van der Waals surface area contributed by atoms with Crippen LogP contribution in [-0.2, 0) is 11.3 Å². The van der Waals surface area contributed by atoms with Crippen LogP contribution in [0.15, 0.2) is 10.5 Å². The molecule has 0 saturated carbocycles. The number of hydrogen-bond acceptors (Lipinski definition) is 3. The number of aliphatic carboxylic acids is 1. The Kier molecular flexibility index (Phi) is 3.61. The number of hydrogen-bond donors (Lipinski definition) is 1. The zero-order chi connectivity index (χ0) is 12.6. The maximum absolute atomic E-state index is 11.1. The van der Waals surface area contributed by atoms with Crippen LogP contribution >= 0.6 is 27.3 Å². The fourth-order valence-electron chi connectivity index (χ4n) is 2.18. The molecule has 0 radical (unpaired) electrons. The van der Waals surface area contributed by atoms with Crippen molar-refractivity contribution in [2.24, 2.45) is 5.41 Å². The molecule has 1 N–H and O–H groups in total. The van der Waals surface area contributed by atoms with Crippen LogP contribution in [0.25, 0.3) is 0 Å². The zero-order valence-corrected chi connectivity index (χ0v) is 12.4. The van der Waals surface area contributed by atoms with Crippen LogP contribution in [0.1, 0.15) is 23.1 Å². The Hall–Kier alpha value is -0.390. The molecule has 5 heteroatoms. The summed E-state index contributed by atoms with van der Waals surface area (Å²) in [7, 11) is 0. The summed E-state index contributed by atoms with van der Waals surface area (Å²) < 4.78 is 1.15. The van der Waals surface area contributed by atoms with Crippen molar-refractivity contribution in [1.29, 1.82) is 0 Å². The summed E-state index contributed by atoms with van der Waals surface area (Å²) in [5, 5.41) is 9.17. The molecule has 0 aromatic carbocycles. The average molecular weight is 318 g/mol. The largest absolute Gasteiger partial charge is 0.481 e. The van der Waals surface area contributed by atoms with Crippen LogP contribution in [-0.4, -0.2) is 29.1 Å². The highest BCUT2D eigenvalue weighted by atomic mass is 79.9. The van der Waals surface area contributed by atoms with E-state index in [1.807, 2.05) is 6.92 Å². The highest BCUT2D eigenvalue weighted by molar-refractivity contribution is 9.10. The Morgan fingerprint density at radius 3 is 2.88 bits per heavy atom. The van der Waals surface area contributed by atoms with Gasteiger partial charge in [-0.05, 0) is 48.8 Å². The van der Waals surface area contributed by atoms with Gasteiger partial charge in [-0.1, -0.05) is 0 Å². The van der Waals surface area contributed by atoms with E-state index in [0.717, 1.165) is 24.0 Å². The highest BCUT2D eigenvalue weighted by Gasteiger charge is 2.40. The Labute approximate surface area is 114 Å². The first-order chi connectivity index (χ1) is 7.90. The second-order valence-corrected chi connectivity index (χ2v) is 7.14. The molecule has 1 aromatic rings. The van der Waals surface area contributed by atoms with Crippen LogP contribution < -0.4 is 0 Å². The molecular formula is C12H16BrNO2S. The first-order valence-corrected chi connectivity index (χ1v) is 7.22. The Bertz CT molecular complexity index is 426. The summed E-state index contributed by atoms with van der Waals surface area (Å²) in [6, 6.07) is 2.14. The molecule has 1 atom stereocenters. The number of carboxylic acids is 1. The molecule has 1 aromatic heterocycles. The van der Waals surface area contributed by atoms with Crippen molar-refractivity contribution in [2.45, 2.75) is 26.8 Å². The van der Waals surface area contributed by atoms with Crippen LogP contribution in [0.3, 0.4) is 0 Å². The van der Waals surface area contributed by atoms with Gasteiger partial charge in [-0.25, -0.2) is 0 Å². The van der Waals surface area contributed by atoms with Crippen molar-refractivity contribution in [1.82, 2.24) is 4.90 Å². The van der Waals surface area contributed by atoms with Gasteiger partial charge in [0.25, 0.3) is 0 Å². The summed E-state index contributed by atoms with van der Waals surface area (Å²) >= 11 is 5.28. The Balaban J connectivity index is 2.01. The molecule has 1 fully saturated rings. The van der Waals surface area contributed by atoms with Gasteiger partial charge in [0, 0.05) is 27.3 Å². The number of carboxylic acid groups (broad SMARTS) is 1. The predicted octanol–water partition coefficient (Wildman–Crippen LogP) is 3.12. The van der Waals surface area contributed by atoms with Crippen LogP contribution in [0.2, 0.25) is 0 Å². The molecule has 94 valence electrons. The van der Waals surface area contributed by atoms with Gasteiger partial charge in [0.15, 0.2) is 0 Å². The summed E-state index contributed by atoms with van der Waals surface area (Å²) in [4.78, 5) is 15.9. The zero-order valence-electron chi connectivity index (χ0n) is 9.99. The van der Waals surface area contributed by atoms with E-state index in [-0.39, 0.29) is 0 Å². The van der Waals surface area contributed by atoms with Crippen LogP contribution in [0.5, 0.6) is 0 Å². The molecule has 0 spiro atoms. The van der Waals surface area contributed by atoms with Gasteiger partial charge >= 0.3 is 5.97 Å². The molecule has 0 amide bonds. The van der Waals surface area contributed by atoms with Gasteiger partial charge < -0.3 is 5.11 Å². The lowest BCUT2D eigenvalue weighted by Crippen LogP contribution is -2.31. The fraction of sp³-hybridized carbons (Fsp3) is 0.583. The van der Waals surface area contributed by atoms with Crippen molar-refractivity contribution in [3.05, 3.63) is 20.3 Å². The van der Waals surface area contributed by atoms with E-state index in [1.54, 1.807) is 11.3 Å². The Morgan fingerprint density at radius 2 is 2.41 bits per heavy atom. The van der Waals surface area contributed by atoms with Gasteiger partial charge in [0.2, 0.25) is 0 Å². The summed E-state index contributed by atoms with van der Waals surface area (Å²) in [5.41, 5.74) is -0.566. The molecule has 17 heavy (non-hydrogen) atoms. The highest BCUT2D eigenvalue weighted by Crippen LogP contribution is 2.33. The molecule has 1 aliphatic heterocycles. The lowest BCUT2D eigenvalue weighted by atomic mass is 9.90. The van der Waals surface area contributed by atoms with Gasteiger partial charge in [-0.2, -0.15) is 0 Å². The van der Waals surface area contributed by atoms with E-state index in [1.165, 1.54) is 9.75 Å². The Morgan fingerprint density at radius 1 is 1.71 bits per heavy atom. The summed E-state index contributed by atoms with van der Waals surface area (Å²) in [6.45, 7) is 6.31. The molecule has 2 rings (SSSR count). The van der Waals surface area contributed by atoms with E-state index in [4.69, 9.17) is 0 Å². The van der Waals surface area contributed by atoms with Gasteiger partial charge in [0.05, 0.1) is 5.41 Å². The molecule has 1 aliphatic rings. The minimum atomic E-state index is -0.677. The fourth-order valence-corrected chi connectivity index (χ4v) is 3.83. The average Bonchev–Trinajstić information content (AvgIpc) is 2.74. The number of thiophene rings is 1. The molecule has 3 nitrogen and oxygen atoms in total. The first kappa shape index (κ1) is 13.1. The van der Waals surface area contributed by atoms with E-state index in [9.17, 15) is 9.90 Å². The monoisotopic (exact) mass is 317 g/mol. The van der Waals surface area contributed by atoms with Crippen LogP contribution in [0.4, 0.5) is 0 Å². The van der Waals surface area contributed by atoms with Gasteiger partial charge in [0.1, 0.15) is 0 Å². The SMILES string of the molecule is Cc1sc(CN2CCC(C)(C(=O)O)C2)cc1Br. The van der Waals surface area contributed by atoms with Crippen molar-refractivity contribution in [2.75, 3.05) is 13.1 Å². The second kappa shape index (κ2) is 4.71. The molecule has 0 aliphatic carbocycles. The third-order valence-corrected chi connectivity index (χ3v) is 5.48. The molecule has 0 bridgehead atoms. The molecule has 1 saturated heterocycles. The number of carbonyl (C=O) groups is 1. The van der Waals surface area contributed by atoms with E-state index in [0.29, 0.717) is 6.54 Å². The van der Waals surface area contributed by atoms with E-state index in [2.05, 4.69) is 33.8 Å². The third kappa shape index (κ3) is 2.72. The van der Waals surface area contributed by atoms with Crippen molar-refractivity contribution >= 4 is 33.2 Å². The van der Waals surface area contributed by atoms with Crippen molar-refractivity contribution < 1.29 is 9.90 Å². The number of aryl methyl sites for hydroxylation is 1. The third-order valence-electron chi connectivity index (χ3n) is 3.36. The van der Waals surface area contributed by atoms with E-state index >= 15 is 0 Å². The lowest BCUT2D eigenvalue weighted by molar-refractivity contribution is -0.147. The molecule has 1 unspecified atom stereocenters. The molecule has 2 heterocycles. The standard InChI is InChI=1S/C12H16BrNO2S/c1-8-10(13)5-9(17-8)6-14-4-3-12(2,7-14)11(15)16/h5H,3-4,6-7H2,1-2H3,(H,15,16). The topological polar surface area (TPSA) is 40.5 Å². The number of halogens is 1. The smallest absolute Gasteiger partial charge is 0.310 e. The minimum absolute atomic E-state index is 0.566. The maximum atomic E-state index is 11.1. The molecular weight excluding hydrogens is 302 g/mol. The maximum Gasteiger partial charge on any atom is 0.310 e. The number of likely N-dealkylation sites (tertiary alicyclic amines) is 1. The van der Waals surface area contributed by atoms with Crippen LogP contribution in [0, 0.1) is 12.3 Å². The number of nitrogens with zero attached hydrogens (tertiary/aromatic N) is 1. The van der Waals surface area contributed by atoms with E-state index < -0.39 is 11.4 Å². The predicted molar refractivity (Wildman–Crippen MR) is 72.4 cm³/mol. The second-order valence-electron chi connectivity index (χ2n) is 4.94. The minimum Gasteiger partial charge on any atom is -0.481 e. The normalized spacial score (nSPS) is 25.4. The quantitative estimate of drug-likeness (QED) is 0.931. The summed E-state index contributed by atoms with van der Waals surface area (Å²) in [6.07, 6.45) is 0.744. The van der Waals surface area contributed by atoms with Crippen molar-refractivity contribution in [3.8, 4) is 0 Å². The number of rotatable bonds is 3.